The number of nitrogens with one attached hydrogen (secondary N) is 1. The molecule has 9 heteroatoms. The van der Waals surface area contributed by atoms with Crippen LogP contribution in [0.25, 0.3) is 0 Å². The predicted octanol–water partition coefficient (Wildman–Crippen LogP) is 2.74. The lowest BCUT2D eigenvalue weighted by atomic mass is 10.0. The zero-order valence-corrected chi connectivity index (χ0v) is 20.2. The minimum absolute atomic E-state index is 0.113. The van der Waals surface area contributed by atoms with Crippen molar-refractivity contribution in [2.45, 2.75) is 32.1 Å². The Balaban J connectivity index is 1.50. The highest BCUT2D eigenvalue weighted by Crippen LogP contribution is 2.19. The van der Waals surface area contributed by atoms with Crippen LogP contribution in [0.15, 0.2) is 47.4 Å². The quantitative estimate of drug-likeness (QED) is 0.624. The SMILES string of the molecule is CCOC(=O)c1ccc(S(=O)(=O)N2CCN(C(=O)NCCc3ccc(C)cc3C)CC2)cc1. The Bertz CT molecular complexity index is 1090. The van der Waals surface area contributed by atoms with E-state index in [9.17, 15) is 18.0 Å². The number of nitrogens with zero attached hydrogens (tertiary/aromatic N) is 2. The maximum atomic E-state index is 12.9. The molecule has 0 atom stereocenters. The van der Waals surface area contributed by atoms with E-state index in [-0.39, 0.29) is 30.6 Å². The number of hydrogen-bond acceptors (Lipinski definition) is 5. The first-order valence-corrected chi connectivity index (χ1v) is 12.5. The molecule has 0 spiro atoms. The van der Waals surface area contributed by atoms with Gasteiger partial charge < -0.3 is 15.0 Å². The lowest BCUT2D eigenvalue weighted by molar-refractivity contribution is 0.0526. The number of aryl methyl sites for hydroxylation is 2. The standard InChI is InChI=1S/C24H31N3O5S/c1-4-32-23(28)21-7-9-22(10-8-21)33(30,31)27-15-13-26(14-16-27)24(29)25-12-11-20-6-5-18(2)17-19(20)3/h5-10,17H,4,11-16H2,1-3H3,(H,25,29). The molecule has 3 rings (SSSR count). The molecule has 2 aromatic rings. The first-order valence-electron chi connectivity index (χ1n) is 11.1. The van der Waals surface area contributed by atoms with Crippen LogP contribution < -0.4 is 5.32 Å². The van der Waals surface area contributed by atoms with Gasteiger partial charge in [-0.25, -0.2) is 18.0 Å². The summed E-state index contributed by atoms with van der Waals surface area (Å²) in [5.74, 6) is -0.487. The fraction of sp³-hybridized carbons (Fsp3) is 0.417. The molecule has 1 fully saturated rings. The number of sulfonamides is 1. The van der Waals surface area contributed by atoms with Gasteiger partial charge >= 0.3 is 12.0 Å². The van der Waals surface area contributed by atoms with E-state index in [0.717, 1.165) is 6.42 Å². The van der Waals surface area contributed by atoms with Crippen LogP contribution in [-0.2, 0) is 21.2 Å². The summed E-state index contributed by atoms with van der Waals surface area (Å²) in [5, 5.41) is 2.93. The Morgan fingerprint density at radius 2 is 1.67 bits per heavy atom. The van der Waals surface area contributed by atoms with Gasteiger partial charge in [-0.15, -0.1) is 0 Å². The first-order chi connectivity index (χ1) is 15.7. The van der Waals surface area contributed by atoms with Gasteiger partial charge in [0.1, 0.15) is 0 Å². The van der Waals surface area contributed by atoms with Crippen molar-refractivity contribution in [2.75, 3.05) is 39.3 Å². The van der Waals surface area contributed by atoms with Gasteiger partial charge in [-0.1, -0.05) is 23.8 Å². The Kier molecular flexibility index (Phi) is 8.10. The molecule has 1 N–H and O–H groups in total. The van der Waals surface area contributed by atoms with Gasteiger partial charge in [0, 0.05) is 32.7 Å². The van der Waals surface area contributed by atoms with Gasteiger partial charge in [-0.05, 0) is 62.6 Å². The Hall–Kier alpha value is -2.91. The Labute approximate surface area is 195 Å². The molecule has 2 amide bonds. The van der Waals surface area contributed by atoms with E-state index in [2.05, 4.69) is 37.4 Å². The zero-order valence-electron chi connectivity index (χ0n) is 19.3. The molecule has 2 aromatic carbocycles. The summed E-state index contributed by atoms with van der Waals surface area (Å²) < 4.78 is 32.2. The summed E-state index contributed by atoms with van der Waals surface area (Å²) in [7, 11) is -3.70. The Morgan fingerprint density at radius 3 is 2.27 bits per heavy atom. The molecule has 178 valence electrons. The van der Waals surface area contributed by atoms with Crippen LogP contribution in [0.3, 0.4) is 0 Å². The van der Waals surface area contributed by atoms with Crippen molar-refractivity contribution in [3.63, 3.8) is 0 Å². The second-order valence-electron chi connectivity index (χ2n) is 8.05. The second-order valence-corrected chi connectivity index (χ2v) is 9.99. The molecule has 1 aliphatic rings. The normalized spacial score (nSPS) is 14.7. The summed E-state index contributed by atoms with van der Waals surface area (Å²) >= 11 is 0. The number of carbonyl (C=O) groups excluding carboxylic acids is 2. The van der Waals surface area contributed by atoms with E-state index in [0.29, 0.717) is 25.2 Å². The third-order valence-corrected chi connectivity index (χ3v) is 7.61. The molecule has 0 radical (unpaired) electrons. The molecule has 0 aromatic heterocycles. The fourth-order valence-corrected chi connectivity index (χ4v) is 5.22. The monoisotopic (exact) mass is 473 g/mol. The third kappa shape index (κ3) is 6.11. The van der Waals surface area contributed by atoms with Crippen LogP contribution in [-0.4, -0.2) is 69.0 Å². The molecule has 0 unspecified atom stereocenters. The van der Waals surface area contributed by atoms with E-state index in [1.165, 1.54) is 45.3 Å². The average Bonchev–Trinajstić information content (AvgIpc) is 2.80. The van der Waals surface area contributed by atoms with Crippen LogP contribution >= 0.6 is 0 Å². The first kappa shape index (κ1) is 24.7. The summed E-state index contributed by atoms with van der Waals surface area (Å²) in [6.07, 6.45) is 0.744. The van der Waals surface area contributed by atoms with Crippen molar-refractivity contribution in [2.24, 2.45) is 0 Å². The molecule has 0 bridgehead atoms. The third-order valence-electron chi connectivity index (χ3n) is 5.70. The van der Waals surface area contributed by atoms with Gasteiger partial charge in [-0.2, -0.15) is 4.31 Å². The minimum Gasteiger partial charge on any atom is -0.462 e. The van der Waals surface area contributed by atoms with Gasteiger partial charge in [0.25, 0.3) is 0 Å². The van der Waals surface area contributed by atoms with Crippen LogP contribution in [0.1, 0.15) is 34.0 Å². The molecular weight excluding hydrogens is 442 g/mol. The smallest absolute Gasteiger partial charge is 0.338 e. The second kappa shape index (κ2) is 10.8. The molecule has 1 aliphatic heterocycles. The van der Waals surface area contributed by atoms with E-state index in [1.807, 2.05) is 0 Å². The number of benzene rings is 2. The molecule has 33 heavy (non-hydrogen) atoms. The minimum atomic E-state index is -3.70. The van der Waals surface area contributed by atoms with E-state index in [4.69, 9.17) is 4.74 Å². The highest BCUT2D eigenvalue weighted by Gasteiger charge is 2.30. The fourth-order valence-electron chi connectivity index (χ4n) is 3.80. The Morgan fingerprint density at radius 1 is 1.00 bits per heavy atom. The molecule has 0 aliphatic carbocycles. The highest BCUT2D eigenvalue weighted by atomic mass is 32.2. The van der Waals surface area contributed by atoms with Crippen molar-refractivity contribution in [3.05, 3.63) is 64.7 Å². The van der Waals surface area contributed by atoms with Crippen molar-refractivity contribution < 1.29 is 22.7 Å². The molecule has 1 heterocycles. The van der Waals surface area contributed by atoms with Gasteiger partial charge in [0.05, 0.1) is 17.1 Å². The van der Waals surface area contributed by atoms with E-state index < -0.39 is 16.0 Å². The number of piperazine rings is 1. The number of amides is 2. The van der Waals surface area contributed by atoms with Gasteiger partial charge in [0.2, 0.25) is 10.0 Å². The molecular formula is C24H31N3O5S. The largest absolute Gasteiger partial charge is 0.462 e. The molecule has 1 saturated heterocycles. The number of hydrogen-bond donors (Lipinski definition) is 1. The van der Waals surface area contributed by atoms with E-state index in [1.54, 1.807) is 11.8 Å². The topological polar surface area (TPSA) is 96.0 Å². The van der Waals surface area contributed by atoms with Crippen LogP contribution in [0, 0.1) is 13.8 Å². The highest BCUT2D eigenvalue weighted by molar-refractivity contribution is 7.89. The number of rotatable bonds is 7. The lowest BCUT2D eigenvalue weighted by Gasteiger charge is -2.34. The van der Waals surface area contributed by atoms with E-state index >= 15 is 0 Å². The number of ether oxygens (including phenoxy) is 1. The average molecular weight is 474 g/mol. The maximum Gasteiger partial charge on any atom is 0.338 e. The van der Waals surface area contributed by atoms with Crippen molar-refractivity contribution >= 4 is 22.0 Å². The van der Waals surface area contributed by atoms with Crippen molar-refractivity contribution in [1.29, 1.82) is 0 Å². The summed E-state index contributed by atoms with van der Waals surface area (Å²) in [4.78, 5) is 26.0. The van der Waals surface area contributed by atoms with Gasteiger partial charge in [0.15, 0.2) is 0 Å². The van der Waals surface area contributed by atoms with Crippen LogP contribution in [0.5, 0.6) is 0 Å². The zero-order chi connectivity index (χ0) is 24.0. The molecule has 8 nitrogen and oxygen atoms in total. The number of urea groups is 1. The van der Waals surface area contributed by atoms with Gasteiger partial charge in [-0.3, -0.25) is 0 Å². The summed E-state index contributed by atoms with van der Waals surface area (Å²) in [6, 6.07) is 11.8. The maximum absolute atomic E-state index is 12.9. The molecule has 0 saturated carbocycles. The van der Waals surface area contributed by atoms with Crippen LogP contribution in [0.2, 0.25) is 0 Å². The van der Waals surface area contributed by atoms with Crippen LogP contribution in [0.4, 0.5) is 4.79 Å². The number of esters is 1. The lowest BCUT2D eigenvalue weighted by Crippen LogP contribution is -2.53. The number of carbonyl (C=O) groups is 2. The summed E-state index contributed by atoms with van der Waals surface area (Å²) in [6.45, 7) is 7.66. The predicted molar refractivity (Wildman–Crippen MR) is 126 cm³/mol. The van der Waals surface area contributed by atoms with Crippen molar-refractivity contribution in [3.8, 4) is 0 Å². The summed E-state index contributed by atoms with van der Waals surface area (Å²) in [5.41, 5.74) is 3.92. The van der Waals surface area contributed by atoms with Crippen molar-refractivity contribution in [1.82, 2.24) is 14.5 Å².